The Morgan fingerprint density at radius 1 is 1.21 bits per heavy atom. The Morgan fingerprint density at radius 2 is 2.21 bits per heavy atom. The molecule has 0 aliphatic carbocycles. The van der Waals surface area contributed by atoms with Crippen molar-refractivity contribution in [3.63, 3.8) is 0 Å². The normalized spacial score (nSPS) is 10.0. The first-order valence-corrected chi connectivity index (χ1v) is 4.57. The molecule has 0 amide bonds. The molecule has 2 heterocycles. The van der Waals surface area contributed by atoms with Gasteiger partial charge in [-0.15, -0.1) is 0 Å². The van der Waals surface area contributed by atoms with Gasteiger partial charge in [-0.1, -0.05) is 6.07 Å². The van der Waals surface area contributed by atoms with Gasteiger partial charge >= 0.3 is 0 Å². The van der Waals surface area contributed by atoms with Crippen LogP contribution < -0.4 is 5.32 Å². The van der Waals surface area contributed by atoms with E-state index in [4.69, 9.17) is 0 Å². The van der Waals surface area contributed by atoms with Gasteiger partial charge in [0.15, 0.2) is 0 Å². The Balaban J connectivity index is 1.79. The maximum absolute atomic E-state index is 4.16. The average molecular weight is 188 g/mol. The summed E-state index contributed by atoms with van der Waals surface area (Å²) in [4.78, 5) is 4.16. The van der Waals surface area contributed by atoms with Crippen LogP contribution in [0, 0.1) is 0 Å². The minimum absolute atomic E-state index is 0.832. The molecule has 4 nitrogen and oxygen atoms in total. The smallest absolute Gasteiger partial charge is 0.125 e. The lowest BCUT2D eigenvalue weighted by molar-refractivity contribution is 0.637. The lowest BCUT2D eigenvalue weighted by atomic mass is 10.4. The fourth-order valence-corrected chi connectivity index (χ4v) is 1.20. The van der Waals surface area contributed by atoms with E-state index in [0.29, 0.717) is 0 Å². The van der Waals surface area contributed by atoms with E-state index in [1.807, 2.05) is 35.1 Å². The highest BCUT2D eigenvalue weighted by molar-refractivity contribution is 5.32. The average Bonchev–Trinajstić information content (AvgIpc) is 2.72. The number of hydrogen-bond donors (Lipinski definition) is 1. The van der Waals surface area contributed by atoms with Crippen molar-refractivity contribution < 1.29 is 0 Å². The highest BCUT2D eigenvalue weighted by Crippen LogP contribution is 1.98. The molecular formula is C10H12N4. The molecule has 2 aromatic rings. The number of nitrogens with one attached hydrogen (secondary N) is 1. The van der Waals surface area contributed by atoms with Crippen LogP contribution in [0.25, 0.3) is 0 Å². The SMILES string of the molecule is c1ccc(NCCn2cccn2)nc1. The number of nitrogens with zero attached hydrogens (tertiary/aromatic N) is 3. The Morgan fingerprint density at radius 3 is 2.93 bits per heavy atom. The zero-order chi connectivity index (χ0) is 9.64. The number of pyridine rings is 1. The van der Waals surface area contributed by atoms with Crippen LogP contribution in [0.4, 0.5) is 5.82 Å². The first-order valence-electron chi connectivity index (χ1n) is 4.57. The molecule has 72 valence electrons. The summed E-state index contributed by atoms with van der Waals surface area (Å²) in [6, 6.07) is 7.73. The molecule has 0 bridgehead atoms. The lowest BCUT2D eigenvalue weighted by Crippen LogP contribution is -2.11. The van der Waals surface area contributed by atoms with Crippen LogP contribution in [-0.2, 0) is 6.54 Å². The van der Waals surface area contributed by atoms with Gasteiger partial charge in [-0.2, -0.15) is 5.10 Å². The van der Waals surface area contributed by atoms with Gasteiger partial charge in [0.05, 0.1) is 6.54 Å². The number of hydrogen-bond acceptors (Lipinski definition) is 3. The quantitative estimate of drug-likeness (QED) is 0.788. The summed E-state index contributed by atoms with van der Waals surface area (Å²) in [6.45, 7) is 1.68. The Bertz CT molecular complexity index is 355. The first-order chi connectivity index (χ1) is 6.95. The van der Waals surface area contributed by atoms with Gasteiger partial charge in [0, 0.05) is 25.1 Å². The summed E-state index contributed by atoms with van der Waals surface area (Å²) in [6.07, 6.45) is 5.50. The van der Waals surface area contributed by atoms with E-state index in [1.54, 1.807) is 12.4 Å². The molecule has 14 heavy (non-hydrogen) atoms. The second-order valence-corrected chi connectivity index (χ2v) is 2.91. The van der Waals surface area contributed by atoms with E-state index in [-0.39, 0.29) is 0 Å². The molecular weight excluding hydrogens is 176 g/mol. The maximum atomic E-state index is 4.16. The van der Waals surface area contributed by atoms with Crippen molar-refractivity contribution in [1.29, 1.82) is 0 Å². The van der Waals surface area contributed by atoms with E-state index in [1.165, 1.54) is 0 Å². The number of rotatable bonds is 4. The summed E-state index contributed by atoms with van der Waals surface area (Å²) in [5, 5.41) is 7.31. The molecule has 0 unspecified atom stereocenters. The van der Waals surface area contributed by atoms with Crippen molar-refractivity contribution in [2.75, 3.05) is 11.9 Å². The van der Waals surface area contributed by atoms with Crippen LogP contribution in [0.2, 0.25) is 0 Å². The minimum Gasteiger partial charge on any atom is -0.368 e. The van der Waals surface area contributed by atoms with Crippen molar-refractivity contribution >= 4 is 5.82 Å². The van der Waals surface area contributed by atoms with Crippen LogP contribution >= 0.6 is 0 Å². The molecule has 0 aliphatic rings. The van der Waals surface area contributed by atoms with Gasteiger partial charge in [-0.05, 0) is 18.2 Å². The van der Waals surface area contributed by atoms with E-state index in [9.17, 15) is 0 Å². The maximum Gasteiger partial charge on any atom is 0.125 e. The third-order valence-electron chi connectivity index (χ3n) is 1.87. The zero-order valence-electron chi connectivity index (χ0n) is 7.80. The van der Waals surface area contributed by atoms with Gasteiger partial charge in [0.2, 0.25) is 0 Å². The molecule has 0 aliphatic heterocycles. The van der Waals surface area contributed by atoms with Gasteiger partial charge in [0.25, 0.3) is 0 Å². The molecule has 0 saturated heterocycles. The Hall–Kier alpha value is -1.84. The van der Waals surface area contributed by atoms with E-state index in [2.05, 4.69) is 15.4 Å². The monoisotopic (exact) mass is 188 g/mol. The van der Waals surface area contributed by atoms with Crippen LogP contribution in [0.5, 0.6) is 0 Å². The fraction of sp³-hybridized carbons (Fsp3) is 0.200. The van der Waals surface area contributed by atoms with Gasteiger partial charge in [-0.25, -0.2) is 4.98 Å². The fourth-order valence-electron chi connectivity index (χ4n) is 1.20. The third kappa shape index (κ3) is 2.32. The van der Waals surface area contributed by atoms with Gasteiger partial charge in [0.1, 0.15) is 5.82 Å². The second kappa shape index (κ2) is 4.41. The predicted octanol–water partition coefficient (Wildman–Crippen LogP) is 1.39. The standard InChI is InChI=1S/C10H12N4/c1-2-5-11-10(4-1)12-7-9-14-8-3-6-13-14/h1-6,8H,7,9H2,(H,11,12). The van der Waals surface area contributed by atoms with Crippen molar-refractivity contribution in [3.8, 4) is 0 Å². The molecule has 2 rings (SSSR count). The minimum atomic E-state index is 0.832. The van der Waals surface area contributed by atoms with Crippen LogP contribution in [0.3, 0.4) is 0 Å². The summed E-state index contributed by atoms with van der Waals surface area (Å²) < 4.78 is 1.88. The molecule has 0 radical (unpaired) electrons. The highest BCUT2D eigenvalue weighted by Gasteiger charge is 1.91. The van der Waals surface area contributed by atoms with E-state index >= 15 is 0 Å². The first kappa shape index (κ1) is 8.74. The summed E-state index contributed by atoms with van der Waals surface area (Å²) in [5.41, 5.74) is 0. The molecule has 0 aromatic carbocycles. The summed E-state index contributed by atoms with van der Waals surface area (Å²) in [7, 11) is 0. The van der Waals surface area contributed by atoms with Gasteiger partial charge < -0.3 is 5.32 Å². The third-order valence-corrected chi connectivity index (χ3v) is 1.87. The summed E-state index contributed by atoms with van der Waals surface area (Å²) in [5.74, 6) is 0.902. The predicted molar refractivity (Wildman–Crippen MR) is 55.0 cm³/mol. The molecule has 0 atom stereocenters. The molecule has 0 fully saturated rings. The zero-order valence-corrected chi connectivity index (χ0v) is 7.80. The molecule has 0 spiro atoms. The topological polar surface area (TPSA) is 42.7 Å². The molecule has 0 saturated carbocycles. The van der Waals surface area contributed by atoms with Crippen LogP contribution in [0.15, 0.2) is 42.9 Å². The van der Waals surface area contributed by atoms with Crippen molar-refractivity contribution in [2.45, 2.75) is 6.54 Å². The molecule has 1 N–H and O–H groups in total. The number of aromatic nitrogens is 3. The van der Waals surface area contributed by atoms with E-state index < -0.39 is 0 Å². The van der Waals surface area contributed by atoms with Crippen LogP contribution in [0.1, 0.15) is 0 Å². The largest absolute Gasteiger partial charge is 0.368 e. The van der Waals surface area contributed by atoms with Crippen LogP contribution in [-0.4, -0.2) is 21.3 Å². The molecule has 2 aromatic heterocycles. The Labute approximate surface area is 82.6 Å². The highest BCUT2D eigenvalue weighted by atomic mass is 15.3. The number of anilines is 1. The second-order valence-electron chi connectivity index (χ2n) is 2.91. The van der Waals surface area contributed by atoms with Crippen molar-refractivity contribution in [3.05, 3.63) is 42.9 Å². The van der Waals surface area contributed by atoms with Crippen molar-refractivity contribution in [1.82, 2.24) is 14.8 Å². The van der Waals surface area contributed by atoms with E-state index in [0.717, 1.165) is 18.9 Å². The van der Waals surface area contributed by atoms with Gasteiger partial charge in [-0.3, -0.25) is 4.68 Å². The lowest BCUT2D eigenvalue weighted by Gasteiger charge is -2.04. The summed E-state index contributed by atoms with van der Waals surface area (Å²) >= 11 is 0. The Kier molecular flexibility index (Phi) is 2.76. The molecule has 4 heteroatoms. The van der Waals surface area contributed by atoms with Crippen molar-refractivity contribution in [2.24, 2.45) is 0 Å².